The van der Waals surface area contributed by atoms with Gasteiger partial charge in [-0.2, -0.15) is 12.8 Å². The first-order valence-corrected chi connectivity index (χ1v) is 14.1. The third-order valence-electron chi connectivity index (χ3n) is 5.92. The quantitative estimate of drug-likeness (QED) is 0.306. The number of nitrogens with zero attached hydrogens (tertiary/aromatic N) is 4. The highest BCUT2D eigenvalue weighted by atomic mass is 32.2. The molecule has 0 atom stereocenters. The average Bonchev–Trinajstić information content (AvgIpc) is 3.37. The lowest BCUT2D eigenvalue weighted by molar-refractivity contribution is 0.0951. The molecule has 0 spiro atoms. The first-order valence-electron chi connectivity index (χ1n) is 11.9. The van der Waals surface area contributed by atoms with Gasteiger partial charge in [0.05, 0.1) is 17.7 Å². The Bertz CT molecular complexity index is 1490. The van der Waals surface area contributed by atoms with Gasteiger partial charge in [-0.15, -0.1) is 11.3 Å². The third kappa shape index (κ3) is 6.16. The van der Waals surface area contributed by atoms with Crippen LogP contribution in [0.3, 0.4) is 0 Å². The Labute approximate surface area is 222 Å². The number of hydrogen-bond acceptors (Lipinski definition) is 7. The first-order chi connectivity index (χ1) is 17.7. The summed E-state index contributed by atoms with van der Waals surface area (Å²) in [6, 6.07) is 19.7. The number of likely N-dealkylation sites (N-methyl/N-ethyl adjacent to an activating group) is 2. The van der Waals surface area contributed by atoms with Gasteiger partial charge in [0.2, 0.25) is 0 Å². The zero-order valence-electron chi connectivity index (χ0n) is 21.4. The summed E-state index contributed by atoms with van der Waals surface area (Å²) in [6.45, 7) is 3.41. The predicted octanol–water partition coefficient (Wildman–Crippen LogP) is 4.14. The van der Waals surface area contributed by atoms with E-state index in [1.807, 2.05) is 50.2 Å². The second kappa shape index (κ2) is 11.4. The van der Waals surface area contributed by atoms with E-state index in [9.17, 15) is 13.2 Å². The van der Waals surface area contributed by atoms with E-state index in [4.69, 9.17) is 0 Å². The predicted molar refractivity (Wildman–Crippen MR) is 149 cm³/mol. The number of pyridine rings is 1. The topological polar surface area (TPSA) is 85.8 Å². The number of thiophene rings is 1. The van der Waals surface area contributed by atoms with Crippen LogP contribution in [0.4, 0.5) is 5.69 Å². The summed E-state index contributed by atoms with van der Waals surface area (Å²) in [4.78, 5) is 19.6. The lowest BCUT2D eigenvalue weighted by Crippen LogP contribution is -2.46. The van der Waals surface area contributed by atoms with E-state index >= 15 is 0 Å². The molecule has 4 rings (SSSR count). The molecule has 8 nitrogen and oxygen atoms in total. The standard InChI is InChI=1S/C27H31N5O3S2/c1-20-14-15-28-25-12-10-22(18-24(20)25)32(31(4)17-16-30(2)3)37(34,35)26-13-11-23(36-26)19-29-27(33)21-8-6-5-7-9-21/h5-15,18H,16-17,19H2,1-4H3,(H,29,33). The number of hydrazine groups is 1. The van der Waals surface area contributed by atoms with Gasteiger partial charge in [-0.25, -0.2) is 5.01 Å². The van der Waals surface area contributed by atoms with Crippen molar-refractivity contribution in [3.05, 3.63) is 88.9 Å². The molecule has 2 aromatic carbocycles. The minimum absolute atomic E-state index is 0.205. The van der Waals surface area contributed by atoms with Gasteiger partial charge in [0.25, 0.3) is 15.9 Å². The summed E-state index contributed by atoms with van der Waals surface area (Å²) in [5, 5.41) is 5.48. The van der Waals surface area contributed by atoms with Crippen LogP contribution in [0.15, 0.2) is 77.1 Å². The molecule has 0 saturated heterocycles. The zero-order chi connectivity index (χ0) is 26.6. The number of nitrogens with one attached hydrogen (secondary N) is 1. The number of anilines is 1. The highest BCUT2D eigenvalue weighted by molar-refractivity contribution is 7.94. The van der Waals surface area contributed by atoms with Crippen LogP contribution in [0.5, 0.6) is 0 Å². The molecule has 10 heteroatoms. The summed E-state index contributed by atoms with van der Waals surface area (Å²) in [5.41, 5.74) is 2.93. The monoisotopic (exact) mass is 537 g/mol. The molecule has 0 fully saturated rings. The van der Waals surface area contributed by atoms with E-state index in [1.54, 1.807) is 60.7 Å². The molecule has 1 amide bonds. The highest BCUT2D eigenvalue weighted by Crippen LogP contribution is 2.32. The molecule has 194 valence electrons. The molecular weight excluding hydrogens is 506 g/mol. The number of benzene rings is 2. The Morgan fingerprint density at radius 3 is 2.46 bits per heavy atom. The van der Waals surface area contributed by atoms with Crippen LogP contribution in [0.25, 0.3) is 10.9 Å². The minimum atomic E-state index is -3.93. The van der Waals surface area contributed by atoms with Crippen LogP contribution in [-0.4, -0.2) is 63.5 Å². The highest BCUT2D eigenvalue weighted by Gasteiger charge is 2.30. The van der Waals surface area contributed by atoms with Gasteiger partial charge >= 0.3 is 0 Å². The molecule has 0 aliphatic rings. The summed E-state index contributed by atoms with van der Waals surface area (Å²) in [5.74, 6) is -0.205. The van der Waals surface area contributed by atoms with Crippen molar-refractivity contribution >= 4 is 43.9 Å². The van der Waals surface area contributed by atoms with Crippen molar-refractivity contribution < 1.29 is 13.2 Å². The second-order valence-electron chi connectivity index (χ2n) is 9.03. The number of fused-ring (bicyclic) bond motifs is 1. The van der Waals surface area contributed by atoms with E-state index < -0.39 is 10.0 Å². The van der Waals surface area contributed by atoms with Crippen molar-refractivity contribution in [1.82, 2.24) is 20.2 Å². The van der Waals surface area contributed by atoms with Crippen molar-refractivity contribution in [3.8, 4) is 0 Å². The van der Waals surface area contributed by atoms with Crippen LogP contribution in [0.1, 0.15) is 20.8 Å². The molecule has 0 unspecified atom stereocenters. The second-order valence-corrected chi connectivity index (χ2v) is 12.2. The Morgan fingerprint density at radius 1 is 0.973 bits per heavy atom. The maximum absolute atomic E-state index is 14.0. The molecule has 0 aliphatic heterocycles. The first kappa shape index (κ1) is 26.7. The maximum atomic E-state index is 14.0. The molecule has 2 aromatic heterocycles. The molecule has 2 heterocycles. The number of sulfonamides is 1. The summed E-state index contributed by atoms with van der Waals surface area (Å²) < 4.78 is 29.5. The van der Waals surface area contributed by atoms with Crippen molar-refractivity contribution in [2.45, 2.75) is 17.7 Å². The van der Waals surface area contributed by atoms with Crippen LogP contribution < -0.4 is 9.73 Å². The van der Waals surface area contributed by atoms with E-state index in [0.717, 1.165) is 32.7 Å². The fourth-order valence-corrected chi connectivity index (χ4v) is 6.76. The normalized spacial score (nSPS) is 11.8. The van der Waals surface area contributed by atoms with Crippen LogP contribution in [0.2, 0.25) is 0 Å². The SMILES string of the molecule is Cc1ccnc2ccc(N(N(C)CCN(C)C)S(=O)(=O)c3ccc(CNC(=O)c4ccccc4)s3)cc12. The Balaban J connectivity index is 1.63. The Kier molecular flexibility index (Phi) is 8.23. The Hall–Kier alpha value is -3.31. The van der Waals surface area contributed by atoms with Gasteiger partial charge in [0.1, 0.15) is 4.21 Å². The number of amides is 1. The maximum Gasteiger partial charge on any atom is 0.287 e. The van der Waals surface area contributed by atoms with Crippen molar-refractivity contribution in [1.29, 1.82) is 0 Å². The number of aromatic nitrogens is 1. The fourth-order valence-electron chi connectivity index (χ4n) is 3.88. The lowest BCUT2D eigenvalue weighted by Gasteiger charge is -2.33. The van der Waals surface area contributed by atoms with E-state index in [0.29, 0.717) is 24.3 Å². The van der Waals surface area contributed by atoms with E-state index in [-0.39, 0.29) is 16.7 Å². The van der Waals surface area contributed by atoms with Crippen molar-refractivity contribution in [2.24, 2.45) is 0 Å². The van der Waals surface area contributed by atoms with Crippen LogP contribution >= 0.6 is 11.3 Å². The van der Waals surface area contributed by atoms with Gasteiger partial charge in [-0.05, 0) is 75.1 Å². The number of carbonyl (C=O) groups is 1. The zero-order valence-corrected chi connectivity index (χ0v) is 23.0. The van der Waals surface area contributed by atoms with Gasteiger partial charge < -0.3 is 10.2 Å². The van der Waals surface area contributed by atoms with Gasteiger partial charge in [0.15, 0.2) is 0 Å². The molecular formula is C27H31N5O3S2. The molecule has 0 aliphatic carbocycles. The lowest BCUT2D eigenvalue weighted by atomic mass is 10.1. The summed E-state index contributed by atoms with van der Waals surface area (Å²) in [6.07, 6.45) is 1.75. The summed E-state index contributed by atoms with van der Waals surface area (Å²) >= 11 is 1.15. The van der Waals surface area contributed by atoms with Crippen molar-refractivity contribution in [3.63, 3.8) is 0 Å². The summed E-state index contributed by atoms with van der Waals surface area (Å²) in [7, 11) is 1.75. The molecule has 0 bridgehead atoms. The smallest absolute Gasteiger partial charge is 0.287 e. The molecule has 4 aromatic rings. The van der Waals surface area contributed by atoms with Gasteiger partial charge in [-0.1, -0.05) is 18.2 Å². The van der Waals surface area contributed by atoms with Crippen LogP contribution in [-0.2, 0) is 16.6 Å². The number of hydrogen-bond donors (Lipinski definition) is 1. The van der Waals surface area contributed by atoms with Gasteiger partial charge in [0, 0.05) is 42.2 Å². The minimum Gasteiger partial charge on any atom is -0.347 e. The van der Waals surface area contributed by atoms with Crippen LogP contribution in [0, 0.1) is 6.92 Å². The fraction of sp³-hybridized carbons (Fsp3) is 0.259. The Morgan fingerprint density at radius 2 is 1.73 bits per heavy atom. The average molecular weight is 538 g/mol. The largest absolute Gasteiger partial charge is 0.347 e. The van der Waals surface area contributed by atoms with E-state index in [1.165, 1.54) is 4.41 Å². The third-order valence-corrected chi connectivity index (χ3v) is 9.27. The molecule has 37 heavy (non-hydrogen) atoms. The number of carbonyl (C=O) groups excluding carboxylic acids is 1. The number of aryl methyl sites for hydroxylation is 1. The molecule has 0 saturated carbocycles. The van der Waals surface area contributed by atoms with Gasteiger partial charge in [-0.3, -0.25) is 9.78 Å². The molecule has 0 radical (unpaired) electrons. The number of rotatable bonds is 10. The molecule has 1 N–H and O–H groups in total. The van der Waals surface area contributed by atoms with Crippen molar-refractivity contribution in [2.75, 3.05) is 38.6 Å². The van der Waals surface area contributed by atoms with E-state index in [2.05, 4.69) is 10.3 Å².